The van der Waals surface area contributed by atoms with Crippen molar-refractivity contribution in [1.29, 1.82) is 0 Å². The van der Waals surface area contributed by atoms with Gasteiger partial charge in [-0.1, -0.05) is 13.8 Å². The maximum atomic E-state index is 12.4. The topological polar surface area (TPSA) is 73.1 Å². The molecule has 0 saturated heterocycles. The lowest BCUT2D eigenvalue weighted by atomic mass is 10.2. The SMILES string of the molecule is CC(C)c1nc(CS(=O)(=O)Cc2csc(-c3ccco3)n2)cs1. The molecule has 0 spiro atoms. The summed E-state index contributed by atoms with van der Waals surface area (Å²) in [7, 11) is -3.30. The van der Waals surface area contributed by atoms with Gasteiger partial charge in [0.2, 0.25) is 0 Å². The van der Waals surface area contributed by atoms with Crippen LogP contribution >= 0.6 is 22.7 Å². The summed E-state index contributed by atoms with van der Waals surface area (Å²) in [5.74, 6) is 0.827. The minimum absolute atomic E-state index is 0.0518. The van der Waals surface area contributed by atoms with Gasteiger partial charge < -0.3 is 4.42 Å². The molecule has 0 unspecified atom stereocenters. The smallest absolute Gasteiger partial charge is 0.162 e. The molecule has 0 aliphatic heterocycles. The predicted octanol–water partition coefficient (Wildman–Crippen LogP) is 4.10. The van der Waals surface area contributed by atoms with Gasteiger partial charge in [0.1, 0.15) is 0 Å². The van der Waals surface area contributed by atoms with Gasteiger partial charge in [0.25, 0.3) is 0 Å². The third-order valence-electron chi connectivity index (χ3n) is 3.08. The fourth-order valence-corrected chi connectivity index (χ4v) is 5.17. The van der Waals surface area contributed by atoms with Crippen molar-refractivity contribution >= 4 is 32.5 Å². The first-order chi connectivity index (χ1) is 10.9. The number of hydrogen-bond donors (Lipinski definition) is 0. The van der Waals surface area contributed by atoms with Gasteiger partial charge in [-0.2, -0.15) is 0 Å². The summed E-state index contributed by atoms with van der Waals surface area (Å²) in [6.45, 7) is 4.09. The van der Waals surface area contributed by atoms with E-state index < -0.39 is 9.84 Å². The zero-order valence-electron chi connectivity index (χ0n) is 12.7. The molecule has 0 aromatic carbocycles. The van der Waals surface area contributed by atoms with Gasteiger partial charge in [-0.3, -0.25) is 0 Å². The van der Waals surface area contributed by atoms with Crippen molar-refractivity contribution < 1.29 is 12.8 Å². The first-order valence-corrected chi connectivity index (χ1v) is 10.6. The number of aromatic nitrogens is 2. The monoisotopic (exact) mass is 368 g/mol. The van der Waals surface area contributed by atoms with E-state index in [-0.39, 0.29) is 11.5 Å². The van der Waals surface area contributed by atoms with E-state index in [4.69, 9.17) is 4.42 Å². The second kappa shape index (κ2) is 6.54. The molecule has 3 rings (SSSR count). The standard InChI is InChI=1S/C15H16N2O3S3/c1-10(2)14-16-11(6-21-14)8-23(18,19)9-12-7-22-15(17-12)13-4-3-5-20-13/h3-7,10H,8-9H2,1-2H3. The molecule has 0 atom stereocenters. The molecule has 3 heterocycles. The highest BCUT2D eigenvalue weighted by atomic mass is 32.2. The van der Waals surface area contributed by atoms with Crippen LogP contribution in [0.3, 0.4) is 0 Å². The van der Waals surface area contributed by atoms with Crippen LogP contribution in [0.4, 0.5) is 0 Å². The van der Waals surface area contributed by atoms with E-state index in [0.717, 1.165) is 5.01 Å². The van der Waals surface area contributed by atoms with E-state index in [1.54, 1.807) is 23.8 Å². The van der Waals surface area contributed by atoms with Crippen LogP contribution in [0, 0.1) is 0 Å². The Morgan fingerprint density at radius 1 is 1.13 bits per heavy atom. The Labute approximate surface area is 143 Å². The maximum absolute atomic E-state index is 12.4. The third-order valence-corrected chi connectivity index (χ3v) is 6.65. The summed E-state index contributed by atoms with van der Waals surface area (Å²) >= 11 is 2.88. The Balaban J connectivity index is 1.71. The Kier molecular flexibility index (Phi) is 4.65. The van der Waals surface area contributed by atoms with Crippen LogP contribution in [0.15, 0.2) is 33.6 Å². The van der Waals surface area contributed by atoms with E-state index in [0.29, 0.717) is 28.1 Å². The normalized spacial score (nSPS) is 12.1. The van der Waals surface area contributed by atoms with Gasteiger partial charge in [-0.25, -0.2) is 18.4 Å². The van der Waals surface area contributed by atoms with E-state index in [2.05, 4.69) is 9.97 Å². The van der Waals surface area contributed by atoms with Crippen LogP contribution in [0.5, 0.6) is 0 Å². The molecular formula is C15H16N2O3S3. The highest BCUT2D eigenvalue weighted by Crippen LogP contribution is 2.26. The van der Waals surface area contributed by atoms with Gasteiger partial charge in [0.05, 0.1) is 34.2 Å². The lowest BCUT2D eigenvalue weighted by molar-refractivity contribution is 0.581. The van der Waals surface area contributed by atoms with Gasteiger partial charge in [-0.15, -0.1) is 22.7 Å². The third kappa shape index (κ3) is 4.07. The first-order valence-electron chi connectivity index (χ1n) is 7.06. The van der Waals surface area contributed by atoms with Crippen LogP contribution in [-0.4, -0.2) is 18.4 Å². The minimum Gasteiger partial charge on any atom is -0.462 e. The van der Waals surface area contributed by atoms with Crippen LogP contribution in [-0.2, 0) is 21.3 Å². The molecule has 0 saturated carbocycles. The van der Waals surface area contributed by atoms with Crippen molar-refractivity contribution in [3.8, 4) is 10.8 Å². The van der Waals surface area contributed by atoms with Gasteiger partial charge >= 0.3 is 0 Å². The van der Waals surface area contributed by atoms with E-state index >= 15 is 0 Å². The molecule has 0 aliphatic carbocycles. The molecule has 3 aromatic rings. The van der Waals surface area contributed by atoms with Gasteiger partial charge in [0.15, 0.2) is 20.6 Å². The number of rotatable bonds is 6. The van der Waals surface area contributed by atoms with Gasteiger partial charge in [0, 0.05) is 16.7 Å². The van der Waals surface area contributed by atoms with Crippen LogP contribution < -0.4 is 0 Å². The molecule has 0 radical (unpaired) electrons. The van der Waals surface area contributed by atoms with Crippen LogP contribution in [0.25, 0.3) is 10.8 Å². The number of furan rings is 1. The number of thiazole rings is 2. The largest absolute Gasteiger partial charge is 0.462 e. The minimum atomic E-state index is -3.30. The van der Waals surface area contributed by atoms with Crippen molar-refractivity contribution in [2.75, 3.05) is 0 Å². The molecule has 8 heteroatoms. The lowest BCUT2D eigenvalue weighted by Crippen LogP contribution is -2.08. The van der Waals surface area contributed by atoms with E-state index in [1.165, 1.54) is 22.7 Å². The summed E-state index contributed by atoms with van der Waals surface area (Å²) in [6, 6.07) is 3.58. The summed E-state index contributed by atoms with van der Waals surface area (Å²) in [6.07, 6.45) is 1.57. The maximum Gasteiger partial charge on any atom is 0.162 e. The first kappa shape index (κ1) is 16.4. The van der Waals surface area contributed by atoms with Crippen molar-refractivity contribution in [3.05, 3.63) is 45.6 Å². The lowest BCUT2D eigenvalue weighted by Gasteiger charge is -2.00. The highest BCUT2D eigenvalue weighted by Gasteiger charge is 2.18. The second-order valence-corrected chi connectivity index (χ2v) is 9.30. The Morgan fingerprint density at radius 2 is 1.83 bits per heavy atom. The molecule has 0 fully saturated rings. The molecule has 0 bridgehead atoms. The molecule has 0 aliphatic rings. The summed E-state index contributed by atoms with van der Waals surface area (Å²) < 4.78 is 30.0. The molecule has 23 heavy (non-hydrogen) atoms. The fourth-order valence-electron chi connectivity index (χ4n) is 2.04. The number of hydrogen-bond acceptors (Lipinski definition) is 7. The molecule has 0 N–H and O–H groups in total. The molecule has 122 valence electrons. The number of nitrogens with zero attached hydrogens (tertiary/aromatic N) is 2. The zero-order chi connectivity index (χ0) is 16.4. The Morgan fingerprint density at radius 3 is 2.43 bits per heavy atom. The quantitative estimate of drug-likeness (QED) is 0.655. The summed E-state index contributed by atoms with van der Waals surface area (Å²) in [5, 5.41) is 5.23. The Bertz CT molecular complexity index is 877. The average Bonchev–Trinajstić information content (AvgIpc) is 3.16. The number of sulfone groups is 1. The second-order valence-electron chi connectivity index (χ2n) is 5.49. The van der Waals surface area contributed by atoms with Crippen molar-refractivity contribution in [2.24, 2.45) is 0 Å². The van der Waals surface area contributed by atoms with Crippen molar-refractivity contribution in [2.45, 2.75) is 31.3 Å². The summed E-state index contributed by atoms with van der Waals surface area (Å²) in [4.78, 5) is 8.73. The zero-order valence-corrected chi connectivity index (χ0v) is 15.2. The van der Waals surface area contributed by atoms with E-state index in [1.807, 2.05) is 19.2 Å². The molecule has 5 nitrogen and oxygen atoms in total. The predicted molar refractivity (Wildman–Crippen MR) is 92.3 cm³/mol. The van der Waals surface area contributed by atoms with Crippen LogP contribution in [0.1, 0.15) is 36.2 Å². The fraction of sp³-hybridized carbons (Fsp3) is 0.333. The van der Waals surface area contributed by atoms with Gasteiger partial charge in [-0.05, 0) is 12.1 Å². The Hall–Kier alpha value is -1.51. The molecule has 0 amide bonds. The van der Waals surface area contributed by atoms with Crippen molar-refractivity contribution in [1.82, 2.24) is 9.97 Å². The average molecular weight is 369 g/mol. The van der Waals surface area contributed by atoms with Crippen molar-refractivity contribution in [3.63, 3.8) is 0 Å². The molecular weight excluding hydrogens is 352 g/mol. The highest BCUT2D eigenvalue weighted by molar-refractivity contribution is 7.89. The summed E-state index contributed by atoms with van der Waals surface area (Å²) in [5.41, 5.74) is 1.15. The molecule has 3 aromatic heterocycles. The van der Waals surface area contributed by atoms with Crippen LogP contribution in [0.2, 0.25) is 0 Å². The van der Waals surface area contributed by atoms with E-state index in [9.17, 15) is 8.42 Å².